The molecule has 0 saturated carbocycles. The van der Waals surface area contributed by atoms with Crippen molar-refractivity contribution < 1.29 is 4.79 Å². The van der Waals surface area contributed by atoms with Crippen molar-refractivity contribution in [2.24, 2.45) is 5.92 Å². The Labute approximate surface area is 126 Å². The number of benzene rings is 1. The highest BCUT2D eigenvalue weighted by atomic mass is 127. The molecule has 0 aromatic heterocycles. The van der Waals surface area contributed by atoms with E-state index in [1.54, 1.807) is 0 Å². The molecule has 2 rings (SSSR count). The van der Waals surface area contributed by atoms with Crippen molar-refractivity contribution in [1.29, 1.82) is 0 Å². The van der Waals surface area contributed by atoms with E-state index in [0.717, 1.165) is 23.0 Å². The quantitative estimate of drug-likeness (QED) is 0.776. The molecule has 2 unspecified atom stereocenters. The molecule has 1 fully saturated rings. The molecule has 0 aliphatic carbocycles. The van der Waals surface area contributed by atoms with Crippen LogP contribution in [0.1, 0.15) is 19.8 Å². The number of anilines is 1. The molecule has 0 spiro atoms. The van der Waals surface area contributed by atoms with Gasteiger partial charge in [-0.1, -0.05) is 18.5 Å². The highest BCUT2D eigenvalue weighted by molar-refractivity contribution is 14.1. The molecule has 1 saturated heterocycles. The Morgan fingerprint density at radius 1 is 1.56 bits per heavy atom. The fourth-order valence-electron chi connectivity index (χ4n) is 2.20. The molecule has 1 aromatic carbocycles. The van der Waals surface area contributed by atoms with Gasteiger partial charge < -0.3 is 10.6 Å². The van der Waals surface area contributed by atoms with Crippen molar-refractivity contribution in [3.05, 3.63) is 26.8 Å². The molecule has 0 radical (unpaired) electrons. The molecule has 3 nitrogen and oxygen atoms in total. The summed E-state index contributed by atoms with van der Waals surface area (Å²) in [5.41, 5.74) is 0.682. The number of carbonyl (C=O) groups is 1. The zero-order chi connectivity index (χ0) is 13.1. The van der Waals surface area contributed by atoms with Crippen molar-refractivity contribution >= 4 is 45.8 Å². The SMILES string of the molecule is CC1CCCNC1C(=O)Nc1ccc(I)cc1Cl. The van der Waals surface area contributed by atoms with Crippen LogP contribution in [-0.4, -0.2) is 18.5 Å². The summed E-state index contributed by atoms with van der Waals surface area (Å²) in [7, 11) is 0. The van der Waals surface area contributed by atoms with Crippen LogP contribution in [0.25, 0.3) is 0 Å². The Kier molecular flexibility index (Phi) is 4.86. The molecule has 1 heterocycles. The molecule has 5 heteroatoms. The van der Waals surface area contributed by atoms with Gasteiger partial charge in [-0.2, -0.15) is 0 Å². The van der Waals surface area contributed by atoms with E-state index in [2.05, 4.69) is 40.1 Å². The lowest BCUT2D eigenvalue weighted by Crippen LogP contribution is -2.48. The molecule has 2 atom stereocenters. The van der Waals surface area contributed by atoms with Gasteiger partial charge in [0.05, 0.1) is 16.8 Å². The second kappa shape index (κ2) is 6.21. The van der Waals surface area contributed by atoms with Crippen molar-refractivity contribution in [1.82, 2.24) is 5.32 Å². The number of piperidine rings is 1. The maximum Gasteiger partial charge on any atom is 0.241 e. The van der Waals surface area contributed by atoms with Crippen LogP contribution < -0.4 is 10.6 Å². The average Bonchev–Trinajstić information content (AvgIpc) is 2.33. The summed E-state index contributed by atoms with van der Waals surface area (Å²) >= 11 is 8.30. The van der Waals surface area contributed by atoms with Crippen molar-refractivity contribution in [3.8, 4) is 0 Å². The van der Waals surface area contributed by atoms with E-state index in [1.807, 2.05) is 18.2 Å². The number of amides is 1. The average molecular weight is 379 g/mol. The first-order valence-electron chi connectivity index (χ1n) is 6.07. The van der Waals surface area contributed by atoms with E-state index in [4.69, 9.17) is 11.6 Å². The maximum atomic E-state index is 12.2. The Bertz CT molecular complexity index is 453. The molecule has 1 aliphatic rings. The molecule has 18 heavy (non-hydrogen) atoms. The Hall–Kier alpha value is -0.330. The fraction of sp³-hybridized carbons (Fsp3) is 0.462. The summed E-state index contributed by atoms with van der Waals surface area (Å²) in [4.78, 5) is 12.2. The molecule has 1 aromatic rings. The zero-order valence-corrected chi connectivity index (χ0v) is 13.1. The lowest BCUT2D eigenvalue weighted by Gasteiger charge is -2.29. The highest BCUT2D eigenvalue weighted by Gasteiger charge is 2.27. The predicted molar refractivity (Wildman–Crippen MR) is 83.0 cm³/mol. The second-order valence-corrected chi connectivity index (χ2v) is 6.32. The lowest BCUT2D eigenvalue weighted by molar-refractivity contribution is -0.119. The summed E-state index contributed by atoms with van der Waals surface area (Å²) in [6.07, 6.45) is 2.22. The number of nitrogens with one attached hydrogen (secondary N) is 2. The normalized spacial score (nSPS) is 23.7. The van der Waals surface area contributed by atoms with Crippen molar-refractivity contribution in [2.45, 2.75) is 25.8 Å². The van der Waals surface area contributed by atoms with E-state index in [9.17, 15) is 4.79 Å². The molecular formula is C13H16ClIN2O. The smallest absolute Gasteiger partial charge is 0.241 e. The van der Waals surface area contributed by atoms with E-state index in [1.165, 1.54) is 0 Å². The minimum Gasteiger partial charge on any atom is -0.323 e. The zero-order valence-electron chi connectivity index (χ0n) is 10.2. The van der Waals surface area contributed by atoms with Gasteiger partial charge in [-0.05, 0) is 66.1 Å². The van der Waals surface area contributed by atoms with Gasteiger partial charge in [-0.3, -0.25) is 4.79 Å². The fourth-order valence-corrected chi connectivity index (χ4v) is 3.10. The van der Waals surface area contributed by atoms with Gasteiger partial charge in [0.2, 0.25) is 5.91 Å². The minimum absolute atomic E-state index is 0.00491. The van der Waals surface area contributed by atoms with E-state index in [-0.39, 0.29) is 11.9 Å². The summed E-state index contributed by atoms with van der Waals surface area (Å²) in [6, 6.07) is 5.50. The van der Waals surface area contributed by atoms with Crippen molar-refractivity contribution in [2.75, 3.05) is 11.9 Å². The van der Waals surface area contributed by atoms with Crippen LogP contribution in [0.5, 0.6) is 0 Å². The highest BCUT2D eigenvalue weighted by Crippen LogP contribution is 2.25. The van der Waals surface area contributed by atoms with Gasteiger partial charge in [-0.15, -0.1) is 0 Å². The Balaban J connectivity index is 2.06. The Morgan fingerprint density at radius 2 is 2.33 bits per heavy atom. The molecular weight excluding hydrogens is 363 g/mol. The van der Waals surface area contributed by atoms with Crippen LogP contribution in [-0.2, 0) is 4.79 Å². The first-order chi connectivity index (χ1) is 8.58. The lowest BCUT2D eigenvalue weighted by atomic mass is 9.92. The van der Waals surface area contributed by atoms with Crippen LogP contribution in [0.2, 0.25) is 5.02 Å². The molecule has 1 amide bonds. The van der Waals surface area contributed by atoms with Gasteiger partial charge in [0, 0.05) is 3.57 Å². The van der Waals surface area contributed by atoms with Crippen LogP contribution >= 0.6 is 34.2 Å². The first kappa shape index (κ1) is 14.1. The molecule has 0 bridgehead atoms. The third-order valence-electron chi connectivity index (χ3n) is 3.24. The summed E-state index contributed by atoms with van der Waals surface area (Å²) in [5.74, 6) is 0.367. The van der Waals surface area contributed by atoms with E-state index < -0.39 is 0 Å². The third-order valence-corrected chi connectivity index (χ3v) is 4.22. The molecule has 98 valence electrons. The molecule has 2 N–H and O–H groups in total. The molecule has 1 aliphatic heterocycles. The van der Waals surface area contributed by atoms with Crippen LogP contribution in [0.3, 0.4) is 0 Å². The number of halogens is 2. The van der Waals surface area contributed by atoms with Crippen LogP contribution in [0.15, 0.2) is 18.2 Å². The standard InChI is InChI=1S/C13H16ClIN2O/c1-8-3-2-6-16-12(8)13(18)17-11-5-4-9(15)7-10(11)14/h4-5,7-8,12,16H,2-3,6H2,1H3,(H,17,18). The predicted octanol–water partition coefficient (Wildman–Crippen LogP) is 3.27. The van der Waals surface area contributed by atoms with Gasteiger partial charge in [0.1, 0.15) is 0 Å². The number of hydrogen-bond acceptors (Lipinski definition) is 2. The summed E-state index contributed by atoms with van der Waals surface area (Å²) in [5, 5.41) is 6.75. The maximum absolute atomic E-state index is 12.2. The second-order valence-electron chi connectivity index (χ2n) is 4.66. The van der Waals surface area contributed by atoms with E-state index >= 15 is 0 Å². The monoisotopic (exact) mass is 378 g/mol. The topological polar surface area (TPSA) is 41.1 Å². The van der Waals surface area contributed by atoms with Gasteiger partial charge in [-0.25, -0.2) is 0 Å². The van der Waals surface area contributed by atoms with Gasteiger partial charge in [0.25, 0.3) is 0 Å². The van der Waals surface area contributed by atoms with Crippen molar-refractivity contribution in [3.63, 3.8) is 0 Å². The Morgan fingerprint density at radius 3 is 3.00 bits per heavy atom. The first-order valence-corrected chi connectivity index (χ1v) is 7.53. The van der Waals surface area contributed by atoms with Crippen LogP contribution in [0.4, 0.5) is 5.69 Å². The van der Waals surface area contributed by atoms with Crippen LogP contribution in [0, 0.1) is 9.49 Å². The summed E-state index contributed by atoms with van der Waals surface area (Å²) < 4.78 is 1.06. The third kappa shape index (κ3) is 3.36. The number of carbonyl (C=O) groups excluding carboxylic acids is 1. The van der Waals surface area contributed by atoms with Gasteiger partial charge >= 0.3 is 0 Å². The van der Waals surface area contributed by atoms with Gasteiger partial charge in [0.15, 0.2) is 0 Å². The summed E-state index contributed by atoms with van der Waals surface area (Å²) in [6.45, 7) is 3.01. The minimum atomic E-state index is -0.117. The largest absolute Gasteiger partial charge is 0.323 e. The van der Waals surface area contributed by atoms with E-state index in [0.29, 0.717) is 16.6 Å². The number of hydrogen-bond donors (Lipinski definition) is 2. The number of rotatable bonds is 2.